The molecule has 7 heteroatoms. The Balaban J connectivity index is 1.58. The van der Waals surface area contributed by atoms with Crippen LogP contribution in [0.15, 0.2) is 48.5 Å². The highest BCUT2D eigenvalue weighted by Crippen LogP contribution is 2.42. The van der Waals surface area contributed by atoms with E-state index in [1.165, 1.54) is 12.1 Å². The molecule has 1 aromatic heterocycles. The van der Waals surface area contributed by atoms with Gasteiger partial charge in [0.25, 0.3) is 0 Å². The van der Waals surface area contributed by atoms with E-state index in [-0.39, 0.29) is 24.2 Å². The molecule has 0 amide bonds. The van der Waals surface area contributed by atoms with Crippen LogP contribution in [0.1, 0.15) is 28.3 Å². The first-order valence-electron chi connectivity index (χ1n) is 8.75. The van der Waals surface area contributed by atoms with Gasteiger partial charge >= 0.3 is 0 Å². The lowest BCUT2D eigenvalue weighted by Gasteiger charge is -2.27. The minimum absolute atomic E-state index is 0.113. The number of aromatic nitrogens is 2. The van der Waals surface area contributed by atoms with Gasteiger partial charge in [-0.25, -0.2) is 4.39 Å². The zero-order chi connectivity index (χ0) is 19.7. The van der Waals surface area contributed by atoms with Crippen molar-refractivity contribution in [3.05, 3.63) is 76.7 Å². The van der Waals surface area contributed by atoms with E-state index in [9.17, 15) is 9.65 Å². The van der Waals surface area contributed by atoms with Crippen LogP contribution in [0, 0.1) is 35.4 Å². The second-order valence-electron chi connectivity index (χ2n) is 6.61. The Morgan fingerprint density at radius 1 is 1.29 bits per heavy atom. The molecule has 2 N–H and O–H groups in total. The summed E-state index contributed by atoms with van der Waals surface area (Å²) in [4.78, 5) is 0. The SMILES string of the molecule is Cc1[nH]nc2c1C(c1ccc(OCc3cccc(F)c3)cc1)C(C#N)C(=N)O2. The number of nitriles is 1. The van der Waals surface area contributed by atoms with Crippen LogP contribution < -0.4 is 9.47 Å². The lowest BCUT2D eigenvalue weighted by Crippen LogP contribution is -2.30. The van der Waals surface area contributed by atoms with E-state index in [0.717, 1.165) is 22.4 Å². The molecule has 3 aromatic rings. The van der Waals surface area contributed by atoms with E-state index in [1.807, 2.05) is 19.1 Å². The fraction of sp³-hybridized carbons (Fsp3) is 0.190. The summed E-state index contributed by atoms with van der Waals surface area (Å²) < 4.78 is 24.4. The Labute approximate surface area is 161 Å². The third kappa shape index (κ3) is 3.21. The summed E-state index contributed by atoms with van der Waals surface area (Å²) in [5.74, 6) is -0.525. The van der Waals surface area contributed by atoms with Crippen LogP contribution in [0.2, 0.25) is 0 Å². The number of fused-ring (bicyclic) bond motifs is 1. The third-order valence-electron chi connectivity index (χ3n) is 4.77. The molecule has 2 atom stereocenters. The van der Waals surface area contributed by atoms with Crippen LogP contribution >= 0.6 is 0 Å². The molecule has 0 aliphatic carbocycles. The van der Waals surface area contributed by atoms with Crippen molar-refractivity contribution in [2.45, 2.75) is 19.4 Å². The first kappa shape index (κ1) is 17.7. The molecule has 2 aromatic carbocycles. The van der Waals surface area contributed by atoms with Crippen molar-refractivity contribution in [3.8, 4) is 17.7 Å². The molecule has 140 valence electrons. The summed E-state index contributed by atoms with van der Waals surface area (Å²) in [6.07, 6.45) is 0. The van der Waals surface area contributed by atoms with E-state index in [1.54, 1.807) is 24.3 Å². The quantitative estimate of drug-likeness (QED) is 0.717. The van der Waals surface area contributed by atoms with Gasteiger partial charge < -0.3 is 9.47 Å². The molecular formula is C21H17FN4O2. The van der Waals surface area contributed by atoms with Crippen LogP contribution in [-0.2, 0) is 6.61 Å². The highest BCUT2D eigenvalue weighted by molar-refractivity contribution is 5.84. The number of ether oxygens (including phenoxy) is 2. The number of benzene rings is 2. The van der Waals surface area contributed by atoms with Gasteiger partial charge in [0.05, 0.1) is 6.07 Å². The number of rotatable bonds is 4. The Kier molecular flexibility index (Phi) is 4.53. The number of aryl methyl sites for hydroxylation is 1. The minimum atomic E-state index is -0.733. The Morgan fingerprint density at radius 2 is 2.07 bits per heavy atom. The van der Waals surface area contributed by atoms with Crippen molar-refractivity contribution < 1.29 is 13.9 Å². The van der Waals surface area contributed by atoms with Crippen molar-refractivity contribution in [3.63, 3.8) is 0 Å². The van der Waals surface area contributed by atoms with Crippen LogP contribution in [0.5, 0.6) is 11.6 Å². The standard InChI is InChI=1S/C21H17FN4O2/c1-12-18-19(17(10-23)20(24)28-21(18)26-25-12)14-5-7-16(8-6-14)27-11-13-3-2-4-15(22)9-13/h2-9,17,19,24H,11H2,1H3,(H,25,26). The van der Waals surface area contributed by atoms with Crippen LogP contribution in [-0.4, -0.2) is 16.1 Å². The van der Waals surface area contributed by atoms with Crippen molar-refractivity contribution in [1.82, 2.24) is 10.2 Å². The van der Waals surface area contributed by atoms with Crippen molar-refractivity contribution in [2.75, 3.05) is 0 Å². The number of H-pyrrole nitrogens is 1. The van der Waals surface area contributed by atoms with Gasteiger partial charge in [-0.15, -0.1) is 5.10 Å². The average Bonchev–Trinajstić information content (AvgIpc) is 3.06. The lowest BCUT2D eigenvalue weighted by atomic mass is 9.79. The van der Waals surface area contributed by atoms with E-state index in [0.29, 0.717) is 11.6 Å². The summed E-state index contributed by atoms with van der Waals surface area (Å²) in [7, 11) is 0. The molecule has 1 aliphatic heterocycles. The van der Waals surface area contributed by atoms with Gasteiger partial charge in [0.2, 0.25) is 11.8 Å². The summed E-state index contributed by atoms with van der Waals surface area (Å²) in [5, 5.41) is 24.6. The molecular weight excluding hydrogens is 359 g/mol. The van der Waals surface area contributed by atoms with Gasteiger partial charge in [0.15, 0.2) is 0 Å². The molecule has 0 saturated heterocycles. The Morgan fingerprint density at radius 3 is 2.79 bits per heavy atom. The van der Waals surface area contributed by atoms with Crippen LogP contribution in [0.25, 0.3) is 0 Å². The number of hydrogen-bond acceptors (Lipinski definition) is 5. The molecule has 4 rings (SSSR count). The molecule has 6 nitrogen and oxygen atoms in total. The van der Waals surface area contributed by atoms with Crippen LogP contribution in [0.3, 0.4) is 0 Å². The Hall–Kier alpha value is -3.66. The molecule has 0 fully saturated rings. The number of nitrogens with one attached hydrogen (secondary N) is 2. The van der Waals surface area contributed by atoms with Gasteiger partial charge in [-0.05, 0) is 42.3 Å². The average molecular weight is 376 g/mol. The first-order chi connectivity index (χ1) is 13.6. The maximum absolute atomic E-state index is 13.3. The molecule has 0 bridgehead atoms. The zero-order valence-electron chi connectivity index (χ0n) is 15.1. The predicted molar refractivity (Wildman–Crippen MR) is 99.8 cm³/mol. The van der Waals surface area contributed by atoms with Gasteiger partial charge in [-0.1, -0.05) is 24.3 Å². The monoisotopic (exact) mass is 376 g/mol. The third-order valence-corrected chi connectivity index (χ3v) is 4.77. The summed E-state index contributed by atoms with van der Waals surface area (Å²) in [5.41, 5.74) is 3.20. The largest absolute Gasteiger partial charge is 0.489 e. The summed E-state index contributed by atoms with van der Waals surface area (Å²) in [6.45, 7) is 2.12. The summed E-state index contributed by atoms with van der Waals surface area (Å²) in [6, 6.07) is 15.8. The second kappa shape index (κ2) is 7.16. The molecule has 1 aliphatic rings. The van der Waals surface area contributed by atoms with Gasteiger partial charge in [-0.2, -0.15) is 5.26 Å². The molecule has 0 saturated carbocycles. The van der Waals surface area contributed by atoms with Gasteiger partial charge in [-0.3, -0.25) is 10.5 Å². The molecule has 0 radical (unpaired) electrons. The summed E-state index contributed by atoms with van der Waals surface area (Å²) >= 11 is 0. The first-order valence-corrected chi connectivity index (χ1v) is 8.75. The second-order valence-corrected chi connectivity index (χ2v) is 6.61. The van der Waals surface area contributed by atoms with Crippen molar-refractivity contribution in [1.29, 1.82) is 10.7 Å². The highest BCUT2D eigenvalue weighted by Gasteiger charge is 2.39. The topological polar surface area (TPSA) is 94.8 Å². The van der Waals surface area contributed by atoms with E-state index in [2.05, 4.69) is 16.3 Å². The van der Waals surface area contributed by atoms with Crippen molar-refractivity contribution in [2.24, 2.45) is 5.92 Å². The molecule has 2 unspecified atom stereocenters. The van der Waals surface area contributed by atoms with Crippen molar-refractivity contribution >= 4 is 5.90 Å². The maximum atomic E-state index is 13.3. The number of aromatic amines is 1. The normalized spacial score (nSPS) is 18.1. The van der Waals surface area contributed by atoms with E-state index >= 15 is 0 Å². The fourth-order valence-corrected chi connectivity index (χ4v) is 3.40. The number of halogens is 1. The van der Waals surface area contributed by atoms with E-state index < -0.39 is 5.92 Å². The smallest absolute Gasteiger partial charge is 0.243 e. The fourth-order valence-electron chi connectivity index (χ4n) is 3.40. The highest BCUT2D eigenvalue weighted by atomic mass is 19.1. The van der Waals surface area contributed by atoms with E-state index in [4.69, 9.17) is 14.9 Å². The van der Waals surface area contributed by atoms with Gasteiger partial charge in [0.1, 0.15) is 24.1 Å². The number of hydrogen-bond donors (Lipinski definition) is 2. The molecule has 2 heterocycles. The molecule has 0 spiro atoms. The Bertz CT molecular complexity index is 1070. The predicted octanol–water partition coefficient (Wildman–Crippen LogP) is 4.08. The number of nitrogens with zero attached hydrogens (tertiary/aromatic N) is 2. The zero-order valence-corrected chi connectivity index (χ0v) is 15.1. The maximum Gasteiger partial charge on any atom is 0.243 e. The molecule has 28 heavy (non-hydrogen) atoms. The van der Waals surface area contributed by atoms with Crippen LogP contribution in [0.4, 0.5) is 4.39 Å². The lowest BCUT2D eigenvalue weighted by molar-refractivity contribution is 0.305. The minimum Gasteiger partial charge on any atom is -0.489 e. The van der Waals surface area contributed by atoms with Gasteiger partial charge in [0, 0.05) is 17.2 Å².